The Morgan fingerprint density at radius 1 is 0.671 bits per heavy atom. The monoisotopic (exact) mass is 1060 g/mol. The van der Waals surface area contributed by atoms with Crippen molar-refractivity contribution in [1.29, 1.82) is 0 Å². The first kappa shape index (κ1) is 55.5. The number of non-ortho nitro benzene ring substituents is 2. The third kappa shape index (κ3) is 13.4. The molecule has 3 saturated heterocycles. The summed E-state index contributed by atoms with van der Waals surface area (Å²) in [5.74, 6) is -1.77. The zero-order chi connectivity index (χ0) is 53.6. The quantitative estimate of drug-likeness (QED) is 0.0736. The molecule has 73 heavy (non-hydrogen) atoms. The van der Waals surface area contributed by atoms with Crippen LogP contribution in [-0.2, 0) is 48.2 Å². The molecule has 19 nitrogen and oxygen atoms in total. The van der Waals surface area contributed by atoms with Crippen molar-refractivity contribution < 1.29 is 48.1 Å². The molecule has 0 bridgehead atoms. The number of ketones is 1. The maximum atomic E-state index is 14.0. The predicted octanol–water partition coefficient (Wildman–Crippen LogP) is 9.01. The van der Waals surface area contributed by atoms with Gasteiger partial charge in [0.25, 0.3) is 17.3 Å². The Bertz CT molecular complexity index is 2730. The average molecular weight is 1070 g/mol. The van der Waals surface area contributed by atoms with Gasteiger partial charge in [0.1, 0.15) is 34.7 Å². The SMILES string of the molecule is CC(C)(C)OC(=O)N1CCC(C(=O)Cc2ccc([N+](=O)[O-])cc2)(N(Cc2ccc(Cl)cc2)C(=O)CCl)C1.CC(C)(C)OC(=O)N1CCC2(C1)C(=O)N(c1ccc([N+](=O)[O-])cc1)CC(=O)N2Cc1ccc(Cl)cc1. The van der Waals surface area contributed by atoms with Crippen LogP contribution in [0.25, 0.3) is 0 Å². The van der Waals surface area contributed by atoms with Gasteiger partial charge in [0.05, 0.1) is 22.9 Å². The van der Waals surface area contributed by atoms with Gasteiger partial charge >= 0.3 is 12.2 Å². The second-order valence-electron chi connectivity index (χ2n) is 19.9. The van der Waals surface area contributed by atoms with Gasteiger partial charge in [-0.1, -0.05) is 59.6 Å². The topological polar surface area (TPSA) is 223 Å². The Labute approximate surface area is 437 Å². The summed E-state index contributed by atoms with van der Waals surface area (Å²) in [6.07, 6.45) is -0.810. The van der Waals surface area contributed by atoms with Crippen molar-refractivity contribution in [2.24, 2.45) is 0 Å². The highest BCUT2D eigenvalue weighted by Gasteiger charge is 2.57. The van der Waals surface area contributed by atoms with Crippen LogP contribution < -0.4 is 4.90 Å². The number of piperazine rings is 1. The molecule has 4 aromatic carbocycles. The molecule has 3 fully saturated rings. The number of nitrogens with zero attached hydrogens (tertiary/aromatic N) is 7. The maximum Gasteiger partial charge on any atom is 0.410 e. The van der Waals surface area contributed by atoms with E-state index in [4.69, 9.17) is 44.3 Å². The second kappa shape index (κ2) is 22.5. The van der Waals surface area contributed by atoms with E-state index in [2.05, 4.69) is 0 Å². The number of nitro benzene ring substituents is 2. The molecule has 3 heterocycles. The lowest BCUT2D eigenvalue weighted by Gasteiger charge is -2.47. The molecule has 0 aromatic heterocycles. The Hall–Kier alpha value is -6.83. The standard InChI is InChI=1S/C26H29Cl2N3O6.C25H27ClN4O6/c1-25(2,3)37-24(34)29-13-12-26(17-29,22(32)14-18-6-10-21(11-7-18)31(35)36)30(23(33)15-27)16-19-4-8-20(28)9-5-19;1-24(2,3)36-23(33)27-13-12-25(16-27)22(32)28(19-8-10-20(11-9-19)30(34)35)15-21(31)29(25)14-17-4-6-18(26)7-5-17/h4-11H,12-17H2,1-3H3;4-11H,12-16H2,1-3H3. The summed E-state index contributed by atoms with van der Waals surface area (Å²) in [4.78, 5) is 109. The van der Waals surface area contributed by atoms with Crippen molar-refractivity contribution in [2.45, 2.75) is 96.2 Å². The molecule has 7 rings (SSSR count). The Morgan fingerprint density at radius 3 is 1.63 bits per heavy atom. The molecule has 1 spiro atoms. The summed E-state index contributed by atoms with van der Waals surface area (Å²) < 4.78 is 11.0. The first-order valence-corrected chi connectivity index (χ1v) is 24.5. The molecule has 0 radical (unpaired) electrons. The summed E-state index contributed by atoms with van der Waals surface area (Å²) >= 11 is 18.0. The summed E-state index contributed by atoms with van der Waals surface area (Å²) in [6, 6.07) is 25.1. The van der Waals surface area contributed by atoms with E-state index < -0.39 is 50.2 Å². The van der Waals surface area contributed by atoms with E-state index in [0.717, 1.165) is 11.1 Å². The van der Waals surface area contributed by atoms with E-state index in [-0.39, 0.29) is 99.9 Å². The van der Waals surface area contributed by atoms with Gasteiger partial charge in [0, 0.05) is 72.6 Å². The molecule has 5 amide bonds. The third-order valence-corrected chi connectivity index (χ3v) is 13.1. The minimum Gasteiger partial charge on any atom is -0.444 e. The van der Waals surface area contributed by atoms with Crippen molar-refractivity contribution in [3.8, 4) is 0 Å². The lowest BCUT2D eigenvalue weighted by Crippen LogP contribution is -2.69. The number of anilines is 1. The number of likely N-dealkylation sites (tertiary alicyclic amines) is 2. The van der Waals surface area contributed by atoms with Crippen LogP contribution in [0.3, 0.4) is 0 Å². The van der Waals surface area contributed by atoms with Crippen LogP contribution in [0, 0.1) is 20.2 Å². The summed E-state index contributed by atoms with van der Waals surface area (Å²) in [5.41, 5.74) is -1.89. The predicted molar refractivity (Wildman–Crippen MR) is 272 cm³/mol. The molecular weight excluding hydrogens is 1010 g/mol. The highest BCUT2D eigenvalue weighted by molar-refractivity contribution is 6.31. The van der Waals surface area contributed by atoms with Crippen molar-refractivity contribution in [1.82, 2.24) is 19.6 Å². The molecule has 2 atom stereocenters. The van der Waals surface area contributed by atoms with Gasteiger partial charge in [-0.15, -0.1) is 11.6 Å². The number of hydrogen-bond acceptors (Lipinski definition) is 12. The zero-order valence-corrected chi connectivity index (χ0v) is 43.4. The van der Waals surface area contributed by atoms with Crippen LogP contribution in [-0.4, -0.2) is 126 Å². The normalized spacial score (nSPS) is 18.8. The first-order chi connectivity index (χ1) is 34.2. The number of halogens is 3. The van der Waals surface area contributed by atoms with Crippen LogP contribution >= 0.6 is 34.8 Å². The van der Waals surface area contributed by atoms with Crippen LogP contribution in [0.15, 0.2) is 97.1 Å². The van der Waals surface area contributed by atoms with Crippen molar-refractivity contribution in [2.75, 3.05) is 43.5 Å². The Morgan fingerprint density at radius 2 is 1.14 bits per heavy atom. The molecule has 3 aliphatic rings. The molecule has 22 heteroatoms. The van der Waals surface area contributed by atoms with Crippen LogP contribution in [0.4, 0.5) is 26.7 Å². The van der Waals surface area contributed by atoms with Gasteiger partial charge in [-0.05, 0) is 107 Å². The average Bonchev–Trinajstić information content (AvgIpc) is 3.99. The number of alkyl halides is 1. The molecule has 2 unspecified atom stereocenters. The number of nitro groups is 2. The second-order valence-corrected chi connectivity index (χ2v) is 21.0. The van der Waals surface area contributed by atoms with Gasteiger partial charge in [-0.3, -0.25) is 39.4 Å². The number of carbonyl (C=O) groups excluding carboxylic acids is 6. The summed E-state index contributed by atoms with van der Waals surface area (Å²) in [7, 11) is 0. The number of benzene rings is 4. The van der Waals surface area contributed by atoms with Gasteiger partial charge in [-0.25, -0.2) is 9.59 Å². The highest BCUT2D eigenvalue weighted by atomic mass is 35.5. The fourth-order valence-electron chi connectivity index (χ4n) is 8.83. The number of Topliss-reactive ketones (excluding diaryl/α,β-unsaturated/α-hetero) is 1. The van der Waals surface area contributed by atoms with E-state index in [1.54, 1.807) is 90.1 Å². The van der Waals surface area contributed by atoms with Gasteiger partial charge < -0.3 is 34.0 Å². The maximum absolute atomic E-state index is 14.0. The summed E-state index contributed by atoms with van der Waals surface area (Å²) in [6.45, 7) is 10.9. The molecule has 0 aliphatic carbocycles. The van der Waals surface area contributed by atoms with E-state index in [0.29, 0.717) is 21.3 Å². The Kier molecular flexibility index (Phi) is 17.1. The van der Waals surface area contributed by atoms with E-state index in [1.807, 2.05) is 0 Å². The fraction of sp³-hybridized carbons (Fsp3) is 0.412. The van der Waals surface area contributed by atoms with Crippen LogP contribution in [0.2, 0.25) is 10.0 Å². The van der Waals surface area contributed by atoms with Crippen LogP contribution in [0.5, 0.6) is 0 Å². The number of rotatable bonds is 12. The smallest absolute Gasteiger partial charge is 0.410 e. The lowest BCUT2D eigenvalue weighted by atomic mass is 9.86. The number of ether oxygens (including phenoxy) is 2. The van der Waals surface area contributed by atoms with E-state index in [9.17, 15) is 49.0 Å². The zero-order valence-electron chi connectivity index (χ0n) is 41.2. The van der Waals surface area contributed by atoms with Gasteiger partial charge in [0.2, 0.25) is 11.8 Å². The molecule has 4 aromatic rings. The van der Waals surface area contributed by atoms with Gasteiger partial charge in [0.15, 0.2) is 5.78 Å². The largest absolute Gasteiger partial charge is 0.444 e. The van der Waals surface area contributed by atoms with Crippen molar-refractivity contribution in [3.05, 3.63) is 144 Å². The Balaban J connectivity index is 0.000000238. The molecule has 0 N–H and O–H groups in total. The van der Waals surface area contributed by atoms with Crippen molar-refractivity contribution >= 4 is 87.6 Å². The van der Waals surface area contributed by atoms with Crippen molar-refractivity contribution in [3.63, 3.8) is 0 Å². The highest BCUT2D eigenvalue weighted by Crippen LogP contribution is 2.38. The summed E-state index contributed by atoms with van der Waals surface area (Å²) in [5, 5.41) is 23.1. The van der Waals surface area contributed by atoms with E-state index in [1.165, 1.54) is 73.0 Å². The minimum atomic E-state index is -1.37. The molecular formula is C51H56Cl3N7O12. The van der Waals surface area contributed by atoms with Crippen LogP contribution in [0.1, 0.15) is 71.1 Å². The molecule has 388 valence electrons. The number of hydrogen-bond donors (Lipinski definition) is 0. The third-order valence-electron chi connectivity index (χ3n) is 12.4. The van der Waals surface area contributed by atoms with E-state index >= 15 is 0 Å². The lowest BCUT2D eigenvalue weighted by molar-refractivity contribution is -0.385. The molecule has 3 aliphatic heterocycles. The first-order valence-electron chi connectivity index (χ1n) is 23.2. The number of amides is 5. The fourth-order valence-corrected chi connectivity index (χ4v) is 9.22. The van der Waals surface area contributed by atoms with Gasteiger partial charge in [-0.2, -0.15) is 0 Å². The molecule has 0 saturated carbocycles. The number of carbonyl (C=O) groups is 6. The minimum absolute atomic E-state index is 0.0242.